The molecule has 2 heteroatoms. The Bertz CT molecular complexity index is 310. The molecule has 0 amide bonds. The summed E-state index contributed by atoms with van der Waals surface area (Å²) < 4.78 is 0. The van der Waals surface area contributed by atoms with Crippen molar-refractivity contribution < 1.29 is 10.2 Å². The van der Waals surface area contributed by atoms with Crippen LogP contribution in [0.4, 0.5) is 0 Å². The third-order valence-corrected chi connectivity index (χ3v) is 3.97. The molecule has 0 fully saturated rings. The van der Waals surface area contributed by atoms with Gasteiger partial charge in [0.05, 0.1) is 12.2 Å². The van der Waals surface area contributed by atoms with Gasteiger partial charge in [0.15, 0.2) is 0 Å². The van der Waals surface area contributed by atoms with E-state index in [4.69, 9.17) is 0 Å². The van der Waals surface area contributed by atoms with Crippen LogP contribution in [0, 0.1) is 0 Å². The lowest BCUT2D eigenvalue weighted by Gasteiger charge is -2.09. The van der Waals surface area contributed by atoms with Crippen LogP contribution in [0.25, 0.3) is 0 Å². The molecule has 2 N–H and O–H groups in total. The monoisotopic (exact) mass is 278 g/mol. The SMILES string of the molecule is CCC(O)CCCc1ccc(CCCC(O)CC)cc1. The summed E-state index contributed by atoms with van der Waals surface area (Å²) in [6, 6.07) is 8.79. The lowest BCUT2D eigenvalue weighted by molar-refractivity contribution is 0.157. The van der Waals surface area contributed by atoms with Crippen LogP contribution in [0.15, 0.2) is 24.3 Å². The first-order valence-electron chi connectivity index (χ1n) is 8.09. The molecule has 20 heavy (non-hydrogen) atoms. The van der Waals surface area contributed by atoms with Gasteiger partial charge in [0.25, 0.3) is 0 Å². The van der Waals surface area contributed by atoms with E-state index in [1.165, 1.54) is 11.1 Å². The molecule has 0 spiro atoms. The van der Waals surface area contributed by atoms with E-state index < -0.39 is 0 Å². The average Bonchev–Trinajstić information content (AvgIpc) is 2.48. The third kappa shape index (κ3) is 7.06. The zero-order valence-corrected chi connectivity index (χ0v) is 13.0. The summed E-state index contributed by atoms with van der Waals surface area (Å²) in [4.78, 5) is 0. The molecule has 0 aliphatic heterocycles. The minimum absolute atomic E-state index is 0.140. The fraction of sp³-hybridized carbons (Fsp3) is 0.667. The molecule has 0 aliphatic carbocycles. The van der Waals surface area contributed by atoms with Gasteiger partial charge in [0, 0.05) is 0 Å². The average molecular weight is 278 g/mol. The zero-order valence-electron chi connectivity index (χ0n) is 13.0. The molecular weight excluding hydrogens is 248 g/mol. The highest BCUT2D eigenvalue weighted by Gasteiger charge is 2.02. The summed E-state index contributed by atoms with van der Waals surface area (Å²) >= 11 is 0. The van der Waals surface area contributed by atoms with Crippen molar-refractivity contribution in [3.63, 3.8) is 0 Å². The van der Waals surface area contributed by atoms with E-state index in [0.717, 1.165) is 51.4 Å². The van der Waals surface area contributed by atoms with Gasteiger partial charge in [0.2, 0.25) is 0 Å². The van der Waals surface area contributed by atoms with Crippen LogP contribution in [0.1, 0.15) is 63.5 Å². The van der Waals surface area contributed by atoms with Gasteiger partial charge >= 0.3 is 0 Å². The Morgan fingerprint density at radius 2 is 1.10 bits per heavy atom. The number of hydrogen-bond donors (Lipinski definition) is 2. The van der Waals surface area contributed by atoms with Gasteiger partial charge in [-0.05, 0) is 62.5 Å². The molecule has 1 rings (SSSR count). The van der Waals surface area contributed by atoms with E-state index >= 15 is 0 Å². The van der Waals surface area contributed by atoms with Gasteiger partial charge in [-0.2, -0.15) is 0 Å². The minimum Gasteiger partial charge on any atom is -0.393 e. The molecular formula is C18H30O2. The van der Waals surface area contributed by atoms with Crippen molar-refractivity contribution >= 4 is 0 Å². The van der Waals surface area contributed by atoms with Gasteiger partial charge in [-0.1, -0.05) is 38.1 Å². The topological polar surface area (TPSA) is 40.5 Å². The Morgan fingerprint density at radius 3 is 1.40 bits per heavy atom. The van der Waals surface area contributed by atoms with Crippen LogP contribution in [0.5, 0.6) is 0 Å². The molecule has 0 saturated heterocycles. The maximum atomic E-state index is 9.52. The number of rotatable bonds is 10. The van der Waals surface area contributed by atoms with Crippen molar-refractivity contribution in [2.45, 2.75) is 77.4 Å². The molecule has 1 aromatic carbocycles. The first kappa shape index (κ1) is 17.2. The van der Waals surface area contributed by atoms with Gasteiger partial charge in [0.1, 0.15) is 0 Å². The summed E-state index contributed by atoms with van der Waals surface area (Å²) in [6.45, 7) is 4.05. The highest BCUT2D eigenvalue weighted by Crippen LogP contribution is 2.12. The summed E-state index contributed by atoms with van der Waals surface area (Å²) in [5, 5.41) is 19.0. The van der Waals surface area contributed by atoms with Crippen molar-refractivity contribution in [2.75, 3.05) is 0 Å². The van der Waals surface area contributed by atoms with Crippen LogP contribution >= 0.6 is 0 Å². The maximum absolute atomic E-state index is 9.52. The Kier molecular flexibility index (Phi) is 8.56. The normalized spacial score (nSPS) is 14.2. The van der Waals surface area contributed by atoms with E-state index in [1.54, 1.807) is 0 Å². The fourth-order valence-electron chi connectivity index (χ4n) is 2.36. The van der Waals surface area contributed by atoms with Gasteiger partial charge in [-0.25, -0.2) is 0 Å². The molecule has 2 unspecified atom stereocenters. The molecule has 114 valence electrons. The second kappa shape index (κ2) is 9.95. The summed E-state index contributed by atoms with van der Waals surface area (Å²) in [5.74, 6) is 0. The molecule has 0 radical (unpaired) electrons. The first-order valence-corrected chi connectivity index (χ1v) is 8.09. The number of aliphatic hydroxyl groups excluding tert-OH is 2. The molecule has 0 saturated carbocycles. The number of hydrogen-bond acceptors (Lipinski definition) is 2. The van der Waals surface area contributed by atoms with Crippen molar-refractivity contribution in [3.05, 3.63) is 35.4 Å². The lowest BCUT2D eigenvalue weighted by atomic mass is 10.0. The van der Waals surface area contributed by atoms with Crippen molar-refractivity contribution in [1.29, 1.82) is 0 Å². The molecule has 0 aliphatic rings. The molecule has 0 bridgehead atoms. The smallest absolute Gasteiger partial charge is 0.0537 e. The van der Waals surface area contributed by atoms with Crippen LogP contribution in [0.3, 0.4) is 0 Å². The Hall–Kier alpha value is -0.860. The Balaban J connectivity index is 2.26. The van der Waals surface area contributed by atoms with Crippen molar-refractivity contribution in [2.24, 2.45) is 0 Å². The maximum Gasteiger partial charge on any atom is 0.0537 e. The van der Waals surface area contributed by atoms with Crippen molar-refractivity contribution in [1.82, 2.24) is 0 Å². The summed E-state index contributed by atoms with van der Waals surface area (Å²) in [6.07, 6.45) is 7.41. The first-order chi connectivity index (χ1) is 9.65. The van der Waals surface area contributed by atoms with Gasteiger partial charge < -0.3 is 10.2 Å². The second-order valence-electron chi connectivity index (χ2n) is 5.73. The highest BCUT2D eigenvalue weighted by molar-refractivity contribution is 5.22. The van der Waals surface area contributed by atoms with Crippen molar-refractivity contribution in [3.8, 4) is 0 Å². The Morgan fingerprint density at radius 1 is 0.750 bits per heavy atom. The molecule has 0 aromatic heterocycles. The zero-order chi connectivity index (χ0) is 14.8. The number of aryl methyl sites for hydroxylation is 2. The lowest BCUT2D eigenvalue weighted by Crippen LogP contribution is -2.04. The largest absolute Gasteiger partial charge is 0.393 e. The molecule has 0 heterocycles. The predicted octanol–water partition coefficient (Wildman–Crippen LogP) is 3.87. The van der Waals surface area contributed by atoms with Gasteiger partial charge in [-0.15, -0.1) is 0 Å². The standard InChI is InChI=1S/C18H30O2/c1-3-17(19)9-5-7-15-11-13-16(14-12-15)8-6-10-18(20)4-2/h11-14,17-20H,3-10H2,1-2H3. The fourth-order valence-corrected chi connectivity index (χ4v) is 2.36. The van der Waals surface area contributed by atoms with E-state index in [2.05, 4.69) is 24.3 Å². The summed E-state index contributed by atoms with van der Waals surface area (Å²) in [7, 11) is 0. The van der Waals surface area contributed by atoms with Crippen LogP contribution in [-0.4, -0.2) is 22.4 Å². The van der Waals surface area contributed by atoms with E-state index in [1.807, 2.05) is 13.8 Å². The van der Waals surface area contributed by atoms with Crippen LogP contribution in [-0.2, 0) is 12.8 Å². The second-order valence-corrected chi connectivity index (χ2v) is 5.73. The third-order valence-electron chi connectivity index (χ3n) is 3.97. The predicted molar refractivity (Wildman–Crippen MR) is 84.9 cm³/mol. The highest BCUT2D eigenvalue weighted by atomic mass is 16.3. The number of aliphatic hydroxyl groups is 2. The molecule has 1 aromatic rings. The van der Waals surface area contributed by atoms with E-state index in [9.17, 15) is 10.2 Å². The summed E-state index contributed by atoms with van der Waals surface area (Å²) in [5.41, 5.74) is 2.70. The van der Waals surface area contributed by atoms with Crippen LogP contribution in [0.2, 0.25) is 0 Å². The Labute approximate surface area is 123 Å². The van der Waals surface area contributed by atoms with Crippen LogP contribution < -0.4 is 0 Å². The quantitative estimate of drug-likeness (QED) is 0.682. The minimum atomic E-state index is -0.140. The molecule has 2 nitrogen and oxygen atoms in total. The number of benzene rings is 1. The van der Waals surface area contributed by atoms with Gasteiger partial charge in [-0.3, -0.25) is 0 Å². The van der Waals surface area contributed by atoms with E-state index in [0.29, 0.717) is 0 Å². The molecule has 2 atom stereocenters. The van der Waals surface area contributed by atoms with E-state index in [-0.39, 0.29) is 12.2 Å².